The molecule has 116 valence electrons. The molecular formula is C16H12Cl2N4O. The molecule has 5 nitrogen and oxygen atoms in total. The Balaban J connectivity index is 1.62. The number of amides is 1. The molecule has 0 radical (unpaired) electrons. The first-order valence-corrected chi connectivity index (χ1v) is 7.50. The van der Waals surface area contributed by atoms with Crippen molar-refractivity contribution >= 4 is 52.0 Å². The molecule has 3 N–H and O–H groups in total. The summed E-state index contributed by atoms with van der Waals surface area (Å²) in [5, 5.41) is 2.09. The molecule has 0 aliphatic rings. The predicted octanol–water partition coefficient (Wildman–Crippen LogP) is 4.07. The van der Waals surface area contributed by atoms with Crippen molar-refractivity contribution in [1.82, 2.24) is 15.8 Å². The Morgan fingerprint density at radius 3 is 2.74 bits per heavy atom. The van der Waals surface area contributed by atoms with E-state index in [1.165, 1.54) is 6.34 Å². The van der Waals surface area contributed by atoms with Gasteiger partial charge in [0.1, 0.15) is 12.0 Å². The number of H-pyrrole nitrogens is 1. The number of fused-ring (bicyclic) bond motifs is 1. The maximum atomic E-state index is 12.0. The number of hydrogen-bond donors (Lipinski definition) is 3. The lowest BCUT2D eigenvalue weighted by molar-refractivity contribution is 0.0940. The number of carbonyl (C=O) groups excluding carboxylic acids is 1. The van der Waals surface area contributed by atoms with E-state index >= 15 is 0 Å². The second-order valence-corrected chi connectivity index (χ2v) is 5.62. The van der Waals surface area contributed by atoms with Gasteiger partial charge in [0.2, 0.25) is 0 Å². The highest BCUT2D eigenvalue weighted by Gasteiger charge is 2.08. The van der Waals surface area contributed by atoms with E-state index < -0.39 is 0 Å². The van der Waals surface area contributed by atoms with Crippen LogP contribution in [0.5, 0.6) is 0 Å². The Morgan fingerprint density at radius 1 is 1.09 bits per heavy atom. The molecule has 1 aromatic heterocycles. The van der Waals surface area contributed by atoms with E-state index in [0.29, 0.717) is 21.4 Å². The molecule has 1 heterocycles. The van der Waals surface area contributed by atoms with Crippen molar-refractivity contribution in [2.24, 2.45) is 4.99 Å². The molecule has 0 aliphatic carbocycles. The van der Waals surface area contributed by atoms with Crippen molar-refractivity contribution in [2.75, 3.05) is 0 Å². The molecule has 1 amide bonds. The summed E-state index contributed by atoms with van der Waals surface area (Å²) in [6.45, 7) is 0. The number of carbonyl (C=O) groups is 1. The molecule has 0 spiro atoms. The number of benzene rings is 2. The van der Waals surface area contributed by atoms with Gasteiger partial charge in [-0.2, -0.15) is 0 Å². The fourth-order valence-electron chi connectivity index (χ4n) is 2.05. The van der Waals surface area contributed by atoms with Crippen LogP contribution < -0.4 is 10.9 Å². The summed E-state index contributed by atoms with van der Waals surface area (Å²) in [4.78, 5) is 19.2. The molecule has 0 bridgehead atoms. The van der Waals surface area contributed by atoms with Crippen LogP contribution in [0, 0.1) is 0 Å². The molecule has 3 rings (SSSR count). The highest BCUT2D eigenvalue weighted by atomic mass is 35.5. The van der Waals surface area contributed by atoms with Gasteiger partial charge in [-0.25, -0.2) is 4.99 Å². The van der Waals surface area contributed by atoms with Gasteiger partial charge in [0.25, 0.3) is 5.91 Å². The minimum absolute atomic E-state index is 0.310. The van der Waals surface area contributed by atoms with E-state index in [-0.39, 0.29) is 5.91 Å². The molecule has 23 heavy (non-hydrogen) atoms. The van der Waals surface area contributed by atoms with Crippen molar-refractivity contribution in [3.8, 4) is 0 Å². The quantitative estimate of drug-likeness (QED) is 0.378. The van der Waals surface area contributed by atoms with Crippen LogP contribution in [0.15, 0.2) is 53.5 Å². The lowest BCUT2D eigenvalue weighted by atomic mass is 10.2. The summed E-state index contributed by atoms with van der Waals surface area (Å²) in [7, 11) is 0. The number of aliphatic imine (C=N–C) groups is 1. The van der Waals surface area contributed by atoms with Crippen molar-refractivity contribution in [2.45, 2.75) is 0 Å². The highest BCUT2D eigenvalue weighted by Crippen LogP contribution is 2.20. The Bertz CT molecular complexity index is 889. The molecule has 0 fully saturated rings. The molecule has 0 saturated heterocycles. The number of hydrogen-bond acceptors (Lipinski definition) is 2. The van der Waals surface area contributed by atoms with Crippen LogP contribution in [-0.4, -0.2) is 17.2 Å². The first-order chi connectivity index (χ1) is 11.1. The van der Waals surface area contributed by atoms with Crippen molar-refractivity contribution in [1.29, 1.82) is 0 Å². The standard InChI is InChI=1S/C16H12Cl2N4O/c17-11-2-1-3-13(8-11)19-9-20-22-16(23)15-7-10-6-12(18)4-5-14(10)21-15/h1-9,21H,(H,19,20)(H,22,23). The van der Waals surface area contributed by atoms with Crippen molar-refractivity contribution in [3.63, 3.8) is 0 Å². The van der Waals surface area contributed by atoms with Crippen LogP contribution >= 0.6 is 23.2 Å². The zero-order valence-corrected chi connectivity index (χ0v) is 13.3. The van der Waals surface area contributed by atoms with E-state index in [1.807, 2.05) is 6.07 Å². The van der Waals surface area contributed by atoms with Gasteiger partial charge in [-0.1, -0.05) is 29.3 Å². The first-order valence-electron chi connectivity index (χ1n) is 6.74. The van der Waals surface area contributed by atoms with Crippen LogP contribution in [0.4, 0.5) is 5.69 Å². The van der Waals surface area contributed by atoms with Gasteiger partial charge in [0, 0.05) is 20.9 Å². The maximum Gasteiger partial charge on any atom is 0.286 e. The van der Waals surface area contributed by atoms with Crippen LogP contribution in [-0.2, 0) is 0 Å². The second-order valence-electron chi connectivity index (χ2n) is 4.75. The Kier molecular flexibility index (Phi) is 4.50. The Hall–Kier alpha value is -2.50. The second kappa shape index (κ2) is 6.73. The molecule has 7 heteroatoms. The van der Waals surface area contributed by atoms with Gasteiger partial charge in [-0.15, -0.1) is 0 Å². The monoisotopic (exact) mass is 346 g/mol. The van der Waals surface area contributed by atoms with E-state index in [0.717, 1.165) is 10.9 Å². The molecule has 0 unspecified atom stereocenters. The number of aromatic amines is 1. The van der Waals surface area contributed by atoms with Gasteiger partial charge in [0.05, 0.1) is 5.69 Å². The number of rotatable bonds is 4. The molecule has 0 saturated carbocycles. The SMILES string of the molecule is O=C(NNC=Nc1cccc(Cl)c1)c1cc2cc(Cl)ccc2[nH]1. The summed E-state index contributed by atoms with van der Waals surface area (Å²) in [5.41, 5.74) is 7.09. The highest BCUT2D eigenvalue weighted by molar-refractivity contribution is 6.31. The summed E-state index contributed by atoms with van der Waals surface area (Å²) in [6, 6.07) is 14.2. The summed E-state index contributed by atoms with van der Waals surface area (Å²) in [6.07, 6.45) is 1.38. The smallest absolute Gasteiger partial charge is 0.286 e. The fourth-order valence-corrected chi connectivity index (χ4v) is 2.42. The van der Waals surface area contributed by atoms with Crippen molar-refractivity contribution < 1.29 is 4.79 Å². The van der Waals surface area contributed by atoms with E-state index in [1.54, 1.807) is 42.5 Å². The Morgan fingerprint density at radius 2 is 1.91 bits per heavy atom. The zero-order valence-electron chi connectivity index (χ0n) is 11.8. The van der Waals surface area contributed by atoms with E-state index in [4.69, 9.17) is 23.2 Å². The van der Waals surface area contributed by atoms with E-state index in [2.05, 4.69) is 20.8 Å². The van der Waals surface area contributed by atoms with Gasteiger partial charge in [-0.05, 0) is 42.5 Å². The molecule has 2 aromatic carbocycles. The number of aromatic nitrogens is 1. The minimum Gasteiger partial charge on any atom is -0.350 e. The lowest BCUT2D eigenvalue weighted by Crippen LogP contribution is -2.36. The summed E-state index contributed by atoms with van der Waals surface area (Å²) >= 11 is 11.8. The van der Waals surface area contributed by atoms with E-state index in [9.17, 15) is 4.79 Å². The average molecular weight is 347 g/mol. The van der Waals surface area contributed by atoms with Gasteiger partial charge < -0.3 is 4.98 Å². The third-order valence-corrected chi connectivity index (χ3v) is 3.57. The molecule has 0 atom stereocenters. The van der Waals surface area contributed by atoms with Crippen molar-refractivity contribution in [3.05, 3.63) is 64.3 Å². The molecule has 0 aliphatic heterocycles. The topological polar surface area (TPSA) is 69.3 Å². The summed E-state index contributed by atoms with van der Waals surface area (Å²) in [5.74, 6) is -0.310. The largest absolute Gasteiger partial charge is 0.350 e. The minimum atomic E-state index is -0.310. The number of hydrazine groups is 1. The lowest BCUT2D eigenvalue weighted by Gasteiger charge is -2.01. The third-order valence-electron chi connectivity index (χ3n) is 3.10. The van der Waals surface area contributed by atoms with Gasteiger partial charge in [0.15, 0.2) is 0 Å². The zero-order chi connectivity index (χ0) is 16.2. The van der Waals surface area contributed by atoms with Gasteiger partial charge in [-0.3, -0.25) is 15.6 Å². The fraction of sp³-hybridized carbons (Fsp3) is 0. The first kappa shape index (κ1) is 15.4. The van der Waals surface area contributed by atoms with Gasteiger partial charge >= 0.3 is 0 Å². The normalized spacial score (nSPS) is 11.0. The summed E-state index contributed by atoms with van der Waals surface area (Å²) < 4.78 is 0. The molecular weight excluding hydrogens is 335 g/mol. The van der Waals surface area contributed by atoms with Crippen LogP contribution in [0.3, 0.4) is 0 Å². The number of nitrogens with zero attached hydrogens (tertiary/aromatic N) is 1. The maximum absolute atomic E-state index is 12.0. The Labute approximate surface area is 142 Å². The van der Waals surface area contributed by atoms with Crippen LogP contribution in [0.2, 0.25) is 10.0 Å². The third kappa shape index (κ3) is 3.83. The predicted molar refractivity (Wildman–Crippen MR) is 93.5 cm³/mol. The average Bonchev–Trinajstić information content (AvgIpc) is 2.94. The number of nitrogens with one attached hydrogen (secondary N) is 3. The van der Waals surface area contributed by atoms with Crippen LogP contribution in [0.25, 0.3) is 10.9 Å². The number of halogens is 2. The molecule has 3 aromatic rings. The van der Waals surface area contributed by atoms with Crippen LogP contribution in [0.1, 0.15) is 10.5 Å².